The van der Waals surface area contributed by atoms with Crippen LogP contribution in [0.5, 0.6) is 0 Å². The summed E-state index contributed by atoms with van der Waals surface area (Å²) in [4.78, 5) is 24.1. The fourth-order valence-electron chi connectivity index (χ4n) is 2.41. The molecule has 0 aliphatic carbocycles. The van der Waals surface area contributed by atoms with Gasteiger partial charge >= 0.3 is 12.1 Å². The van der Waals surface area contributed by atoms with Gasteiger partial charge in [-0.25, -0.2) is 0 Å². The smallest absolute Gasteiger partial charge is 0.417 e. The zero-order valence-corrected chi connectivity index (χ0v) is 13.7. The topological polar surface area (TPSA) is 66.8 Å². The maximum absolute atomic E-state index is 13.3. The molecule has 0 saturated carbocycles. The van der Waals surface area contributed by atoms with Crippen molar-refractivity contribution >= 4 is 29.1 Å². The van der Waals surface area contributed by atoms with Crippen molar-refractivity contribution in [2.75, 3.05) is 19.7 Å². The highest BCUT2D eigenvalue weighted by Gasteiger charge is 2.36. The van der Waals surface area contributed by atoms with E-state index in [1.807, 2.05) is 0 Å². The zero-order chi connectivity index (χ0) is 18.6. The summed E-state index contributed by atoms with van der Waals surface area (Å²) < 4.78 is 45.1. The minimum atomic E-state index is -4.73. The standard InChI is InChI=1S/C16H15ClF3NO4/c17-11-3-1-10(2-4-11)13(16(18,19)20)8-14(22)21-5-6-25-12(9-21)7-15(23)24/h1-4,8,12H,5-7,9H2,(H,23,24)/b13-8-. The van der Waals surface area contributed by atoms with E-state index < -0.39 is 29.7 Å². The molecule has 1 heterocycles. The van der Waals surface area contributed by atoms with E-state index in [4.69, 9.17) is 21.4 Å². The summed E-state index contributed by atoms with van der Waals surface area (Å²) >= 11 is 5.68. The van der Waals surface area contributed by atoms with E-state index in [1.54, 1.807) is 0 Å². The van der Waals surface area contributed by atoms with E-state index in [1.165, 1.54) is 24.3 Å². The second kappa shape index (κ2) is 7.88. The number of nitrogens with zero attached hydrogens (tertiary/aromatic N) is 1. The minimum Gasteiger partial charge on any atom is -0.481 e. The van der Waals surface area contributed by atoms with Crippen LogP contribution in [-0.4, -0.2) is 53.9 Å². The van der Waals surface area contributed by atoms with Crippen LogP contribution in [0.2, 0.25) is 5.02 Å². The van der Waals surface area contributed by atoms with Crippen molar-refractivity contribution < 1.29 is 32.6 Å². The predicted molar refractivity (Wildman–Crippen MR) is 84.1 cm³/mol. The third-order valence-electron chi connectivity index (χ3n) is 3.58. The van der Waals surface area contributed by atoms with Crippen LogP contribution in [0.25, 0.3) is 5.57 Å². The first-order valence-corrected chi connectivity index (χ1v) is 7.71. The third kappa shape index (κ3) is 5.47. The van der Waals surface area contributed by atoms with Gasteiger partial charge in [0.25, 0.3) is 0 Å². The lowest BCUT2D eigenvalue weighted by Crippen LogP contribution is -2.45. The fourth-order valence-corrected chi connectivity index (χ4v) is 2.54. The molecule has 0 radical (unpaired) electrons. The minimum absolute atomic E-state index is 0.0693. The molecule has 1 aromatic carbocycles. The third-order valence-corrected chi connectivity index (χ3v) is 3.83. The summed E-state index contributed by atoms with van der Waals surface area (Å²) in [5.41, 5.74) is -1.27. The van der Waals surface area contributed by atoms with Gasteiger partial charge in [0.15, 0.2) is 0 Å². The molecular formula is C16H15ClF3NO4. The van der Waals surface area contributed by atoms with Crippen LogP contribution in [-0.2, 0) is 14.3 Å². The Kier molecular flexibility index (Phi) is 6.07. The maximum Gasteiger partial charge on any atom is 0.417 e. The van der Waals surface area contributed by atoms with Crippen LogP contribution in [0, 0.1) is 0 Å². The summed E-state index contributed by atoms with van der Waals surface area (Å²) in [6.45, 7) is 0.0877. The Hall–Kier alpha value is -2.06. The quantitative estimate of drug-likeness (QED) is 0.819. The van der Waals surface area contributed by atoms with Gasteiger partial charge in [0.05, 0.1) is 24.7 Å². The first-order chi connectivity index (χ1) is 11.7. The van der Waals surface area contributed by atoms with Crippen molar-refractivity contribution in [2.45, 2.75) is 18.7 Å². The molecule has 1 aromatic rings. The second-order valence-electron chi connectivity index (χ2n) is 5.44. The molecule has 1 unspecified atom stereocenters. The van der Waals surface area contributed by atoms with E-state index in [0.29, 0.717) is 6.08 Å². The number of carbonyl (C=O) groups is 2. The van der Waals surface area contributed by atoms with E-state index >= 15 is 0 Å². The highest BCUT2D eigenvalue weighted by Crippen LogP contribution is 2.34. The average Bonchev–Trinajstić information content (AvgIpc) is 2.52. The molecule has 9 heteroatoms. The highest BCUT2D eigenvalue weighted by atomic mass is 35.5. The second-order valence-corrected chi connectivity index (χ2v) is 5.87. The number of hydrogen-bond donors (Lipinski definition) is 1. The van der Waals surface area contributed by atoms with Gasteiger partial charge in [0.1, 0.15) is 0 Å². The number of hydrogen-bond acceptors (Lipinski definition) is 3. The number of ether oxygens (including phenoxy) is 1. The van der Waals surface area contributed by atoms with Crippen molar-refractivity contribution in [3.63, 3.8) is 0 Å². The number of aliphatic carboxylic acids is 1. The molecule has 0 bridgehead atoms. The largest absolute Gasteiger partial charge is 0.481 e. The average molecular weight is 378 g/mol. The Morgan fingerprint density at radius 1 is 1.32 bits per heavy atom. The fraction of sp³-hybridized carbons (Fsp3) is 0.375. The molecule has 1 amide bonds. The number of halogens is 4. The summed E-state index contributed by atoms with van der Waals surface area (Å²) in [5, 5.41) is 9.04. The van der Waals surface area contributed by atoms with Gasteiger partial charge in [-0.2, -0.15) is 13.2 Å². The van der Waals surface area contributed by atoms with Crippen molar-refractivity contribution in [3.8, 4) is 0 Å². The van der Waals surface area contributed by atoms with E-state index in [9.17, 15) is 22.8 Å². The molecule has 136 valence electrons. The molecule has 0 aromatic heterocycles. The number of alkyl halides is 3. The number of allylic oxidation sites excluding steroid dienone is 1. The molecule has 5 nitrogen and oxygen atoms in total. The van der Waals surface area contributed by atoms with E-state index in [-0.39, 0.29) is 36.7 Å². The molecule has 1 N–H and O–H groups in total. The van der Waals surface area contributed by atoms with Gasteiger partial charge in [0.2, 0.25) is 5.91 Å². The SMILES string of the molecule is O=C(O)CC1CN(C(=O)/C=C(/c2ccc(Cl)cc2)C(F)(F)F)CCO1. The van der Waals surface area contributed by atoms with Crippen molar-refractivity contribution in [1.29, 1.82) is 0 Å². The summed E-state index contributed by atoms with van der Waals surface area (Å²) in [7, 11) is 0. The summed E-state index contributed by atoms with van der Waals surface area (Å²) in [6.07, 6.45) is -5.27. The maximum atomic E-state index is 13.3. The van der Waals surface area contributed by atoms with Crippen LogP contribution in [0.15, 0.2) is 30.3 Å². The van der Waals surface area contributed by atoms with Crippen molar-refractivity contribution in [1.82, 2.24) is 4.90 Å². The number of rotatable bonds is 4. The van der Waals surface area contributed by atoms with Crippen LogP contribution < -0.4 is 0 Å². The Morgan fingerprint density at radius 3 is 2.52 bits per heavy atom. The Bertz CT molecular complexity index is 673. The molecular weight excluding hydrogens is 363 g/mol. The van der Waals surface area contributed by atoms with E-state index in [2.05, 4.69) is 0 Å². The predicted octanol–water partition coefficient (Wildman–Crippen LogP) is 2.99. The number of carbonyl (C=O) groups excluding carboxylic acids is 1. The van der Waals surface area contributed by atoms with Crippen LogP contribution in [0.1, 0.15) is 12.0 Å². The molecule has 1 aliphatic heterocycles. The zero-order valence-electron chi connectivity index (χ0n) is 12.9. The van der Waals surface area contributed by atoms with Crippen LogP contribution >= 0.6 is 11.6 Å². The van der Waals surface area contributed by atoms with Gasteiger partial charge in [0, 0.05) is 24.2 Å². The Morgan fingerprint density at radius 2 is 1.96 bits per heavy atom. The molecule has 2 rings (SSSR count). The summed E-state index contributed by atoms with van der Waals surface area (Å²) in [5.74, 6) is -1.95. The Balaban J connectivity index is 2.22. The Labute approximate surface area is 146 Å². The van der Waals surface area contributed by atoms with Gasteiger partial charge in [-0.15, -0.1) is 0 Å². The highest BCUT2D eigenvalue weighted by molar-refractivity contribution is 6.30. The van der Waals surface area contributed by atoms with Gasteiger partial charge in [-0.3, -0.25) is 9.59 Å². The lowest BCUT2D eigenvalue weighted by Gasteiger charge is -2.31. The normalized spacial score (nSPS) is 19.0. The summed E-state index contributed by atoms with van der Waals surface area (Å²) in [6, 6.07) is 4.97. The lowest BCUT2D eigenvalue weighted by molar-refractivity contribution is -0.145. The first kappa shape index (κ1) is 19.3. The first-order valence-electron chi connectivity index (χ1n) is 7.34. The molecule has 1 aliphatic rings. The monoisotopic (exact) mass is 377 g/mol. The van der Waals surface area contributed by atoms with Gasteiger partial charge < -0.3 is 14.7 Å². The van der Waals surface area contributed by atoms with Crippen molar-refractivity contribution in [2.24, 2.45) is 0 Å². The molecule has 0 spiro atoms. The number of benzene rings is 1. The lowest BCUT2D eigenvalue weighted by atomic mass is 10.0. The van der Waals surface area contributed by atoms with Gasteiger partial charge in [-0.05, 0) is 17.7 Å². The number of carboxylic acid groups (broad SMARTS) is 1. The molecule has 25 heavy (non-hydrogen) atoms. The molecule has 1 fully saturated rings. The van der Waals surface area contributed by atoms with E-state index in [0.717, 1.165) is 4.90 Å². The number of amides is 1. The van der Waals surface area contributed by atoms with Gasteiger partial charge in [-0.1, -0.05) is 23.7 Å². The number of morpholine rings is 1. The molecule has 1 saturated heterocycles. The van der Waals surface area contributed by atoms with Crippen LogP contribution in [0.4, 0.5) is 13.2 Å². The molecule has 1 atom stereocenters. The number of carboxylic acids is 1. The van der Waals surface area contributed by atoms with Crippen molar-refractivity contribution in [3.05, 3.63) is 40.9 Å². The van der Waals surface area contributed by atoms with Crippen LogP contribution in [0.3, 0.4) is 0 Å².